The summed E-state index contributed by atoms with van der Waals surface area (Å²) >= 11 is 6.00. The van der Waals surface area contributed by atoms with E-state index in [2.05, 4.69) is 24.0 Å². The second-order valence-corrected chi connectivity index (χ2v) is 5.38. The molecule has 0 radical (unpaired) electrons. The van der Waals surface area contributed by atoms with Crippen molar-refractivity contribution in [2.45, 2.75) is 51.3 Å². The van der Waals surface area contributed by atoms with E-state index < -0.39 is 0 Å². The molecule has 18 heavy (non-hydrogen) atoms. The number of anilines is 1. The van der Waals surface area contributed by atoms with Crippen LogP contribution >= 0.6 is 11.6 Å². The van der Waals surface area contributed by atoms with Crippen molar-refractivity contribution in [1.29, 1.82) is 0 Å². The highest BCUT2D eigenvalue weighted by Gasteiger charge is 2.12. The molecule has 2 nitrogen and oxygen atoms in total. The molecule has 0 N–H and O–H groups in total. The highest BCUT2D eigenvalue weighted by Crippen LogP contribution is 2.21. The molecule has 1 aliphatic heterocycles. The summed E-state index contributed by atoms with van der Waals surface area (Å²) in [5, 5.41) is 0. The summed E-state index contributed by atoms with van der Waals surface area (Å²) in [7, 11) is 0. The Hall–Kier alpha value is -0.760. The minimum Gasteiger partial charge on any atom is -0.357 e. The third-order valence-corrected chi connectivity index (χ3v) is 3.82. The minimum absolute atomic E-state index is 0.583. The molecule has 0 aromatic carbocycles. The second kappa shape index (κ2) is 6.98. The summed E-state index contributed by atoms with van der Waals surface area (Å²) in [5.41, 5.74) is 2.39. The second-order valence-electron chi connectivity index (χ2n) is 5.11. The lowest BCUT2D eigenvalue weighted by Crippen LogP contribution is -2.25. The van der Waals surface area contributed by atoms with E-state index in [-0.39, 0.29) is 0 Å². The van der Waals surface area contributed by atoms with Gasteiger partial charge in [0.15, 0.2) is 0 Å². The first kappa shape index (κ1) is 13.7. The van der Waals surface area contributed by atoms with Crippen molar-refractivity contribution >= 4 is 17.4 Å². The number of alkyl halides is 1. The van der Waals surface area contributed by atoms with E-state index in [0.717, 1.165) is 31.7 Å². The zero-order chi connectivity index (χ0) is 12.8. The summed E-state index contributed by atoms with van der Waals surface area (Å²) in [6, 6.07) is 4.31. The van der Waals surface area contributed by atoms with Gasteiger partial charge in [0.25, 0.3) is 0 Å². The van der Waals surface area contributed by atoms with Crippen molar-refractivity contribution < 1.29 is 0 Å². The van der Waals surface area contributed by atoms with Gasteiger partial charge in [0, 0.05) is 24.7 Å². The van der Waals surface area contributed by atoms with Crippen LogP contribution in [0, 0.1) is 0 Å². The molecule has 3 heteroatoms. The maximum atomic E-state index is 6.00. The van der Waals surface area contributed by atoms with E-state index in [9.17, 15) is 0 Å². The zero-order valence-electron chi connectivity index (χ0n) is 11.3. The maximum Gasteiger partial charge on any atom is 0.129 e. The smallest absolute Gasteiger partial charge is 0.129 e. The van der Waals surface area contributed by atoms with Gasteiger partial charge in [-0.2, -0.15) is 0 Å². The molecule has 2 heterocycles. The van der Waals surface area contributed by atoms with E-state index in [4.69, 9.17) is 16.6 Å². The zero-order valence-corrected chi connectivity index (χ0v) is 12.0. The van der Waals surface area contributed by atoms with E-state index in [1.54, 1.807) is 0 Å². The molecule has 0 unspecified atom stereocenters. The highest BCUT2D eigenvalue weighted by molar-refractivity contribution is 6.17. The SMILES string of the molecule is CCCc1cc(CCl)cc(N2CCCCCC2)n1. The van der Waals surface area contributed by atoms with Crippen molar-refractivity contribution in [3.05, 3.63) is 23.4 Å². The molecule has 2 rings (SSSR count). The number of hydrogen-bond acceptors (Lipinski definition) is 2. The topological polar surface area (TPSA) is 16.1 Å². The van der Waals surface area contributed by atoms with Crippen LogP contribution in [0.2, 0.25) is 0 Å². The molecule has 1 aromatic rings. The lowest BCUT2D eigenvalue weighted by Gasteiger charge is -2.22. The molecule has 0 amide bonds. The van der Waals surface area contributed by atoms with Crippen LogP contribution in [0.5, 0.6) is 0 Å². The van der Waals surface area contributed by atoms with Crippen molar-refractivity contribution in [2.24, 2.45) is 0 Å². The Morgan fingerprint density at radius 2 is 1.89 bits per heavy atom. The van der Waals surface area contributed by atoms with Gasteiger partial charge >= 0.3 is 0 Å². The monoisotopic (exact) mass is 266 g/mol. The summed E-state index contributed by atoms with van der Waals surface area (Å²) in [4.78, 5) is 7.24. The Morgan fingerprint density at radius 3 is 2.50 bits per heavy atom. The van der Waals surface area contributed by atoms with Gasteiger partial charge in [0.1, 0.15) is 5.82 Å². The van der Waals surface area contributed by atoms with Crippen LogP contribution in [0.3, 0.4) is 0 Å². The van der Waals surface area contributed by atoms with Crippen LogP contribution in [0.15, 0.2) is 12.1 Å². The Balaban J connectivity index is 2.21. The van der Waals surface area contributed by atoms with Crippen LogP contribution in [-0.2, 0) is 12.3 Å². The highest BCUT2D eigenvalue weighted by atomic mass is 35.5. The minimum atomic E-state index is 0.583. The van der Waals surface area contributed by atoms with Crippen LogP contribution < -0.4 is 4.90 Å². The Bertz CT molecular complexity index is 371. The van der Waals surface area contributed by atoms with Gasteiger partial charge in [-0.15, -0.1) is 11.6 Å². The predicted molar refractivity (Wildman–Crippen MR) is 78.5 cm³/mol. The van der Waals surface area contributed by atoms with Gasteiger partial charge in [-0.1, -0.05) is 26.2 Å². The first-order valence-electron chi connectivity index (χ1n) is 7.14. The summed E-state index contributed by atoms with van der Waals surface area (Å²) in [6.45, 7) is 4.48. The van der Waals surface area contributed by atoms with E-state index >= 15 is 0 Å². The molecule has 100 valence electrons. The molecule has 0 atom stereocenters. The van der Waals surface area contributed by atoms with Crippen LogP contribution in [0.25, 0.3) is 0 Å². The summed E-state index contributed by atoms with van der Waals surface area (Å²) < 4.78 is 0. The number of rotatable bonds is 4. The van der Waals surface area contributed by atoms with Gasteiger partial charge in [-0.3, -0.25) is 0 Å². The summed E-state index contributed by atoms with van der Waals surface area (Å²) in [5.74, 6) is 1.72. The average Bonchev–Trinajstić information content (AvgIpc) is 2.67. The molecule has 1 aromatic heterocycles. The van der Waals surface area contributed by atoms with Crippen molar-refractivity contribution in [2.75, 3.05) is 18.0 Å². The van der Waals surface area contributed by atoms with Gasteiger partial charge in [-0.25, -0.2) is 4.98 Å². The molecule has 0 bridgehead atoms. The average molecular weight is 267 g/mol. The fraction of sp³-hybridized carbons (Fsp3) is 0.667. The standard InChI is InChI=1S/C15H23ClN2/c1-2-7-14-10-13(12-16)11-15(17-14)18-8-5-3-4-6-9-18/h10-11H,2-9,12H2,1H3. The Labute approximate surface area is 115 Å². The number of halogens is 1. The van der Waals surface area contributed by atoms with Crippen LogP contribution in [0.4, 0.5) is 5.82 Å². The molecular weight excluding hydrogens is 244 g/mol. The van der Waals surface area contributed by atoms with Gasteiger partial charge in [-0.05, 0) is 37.0 Å². The third-order valence-electron chi connectivity index (χ3n) is 3.52. The molecule has 0 spiro atoms. The quantitative estimate of drug-likeness (QED) is 0.761. The van der Waals surface area contributed by atoms with Gasteiger partial charge in [0.05, 0.1) is 0 Å². The molecule has 0 saturated carbocycles. The first-order valence-corrected chi connectivity index (χ1v) is 7.67. The largest absolute Gasteiger partial charge is 0.357 e. The number of nitrogens with zero attached hydrogens (tertiary/aromatic N) is 2. The van der Waals surface area contributed by atoms with Crippen molar-refractivity contribution in [3.8, 4) is 0 Å². The number of aromatic nitrogens is 1. The molecule has 0 aliphatic carbocycles. The summed E-state index contributed by atoms with van der Waals surface area (Å²) in [6.07, 6.45) is 7.47. The Kier molecular flexibility index (Phi) is 5.30. The third kappa shape index (κ3) is 3.61. The normalized spacial score (nSPS) is 16.7. The van der Waals surface area contributed by atoms with Crippen molar-refractivity contribution in [1.82, 2.24) is 4.98 Å². The maximum absolute atomic E-state index is 6.00. The number of aryl methyl sites for hydroxylation is 1. The van der Waals surface area contributed by atoms with Gasteiger partial charge < -0.3 is 4.90 Å². The van der Waals surface area contributed by atoms with Crippen molar-refractivity contribution in [3.63, 3.8) is 0 Å². The van der Waals surface area contributed by atoms with Crippen LogP contribution in [-0.4, -0.2) is 18.1 Å². The van der Waals surface area contributed by atoms with E-state index in [1.165, 1.54) is 36.9 Å². The van der Waals surface area contributed by atoms with E-state index in [0.29, 0.717) is 5.88 Å². The van der Waals surface area contributed by atoms with Crippen LogP contribution in [0.1, 0.15) is 50.3 Å². The van der Waals surface area contributed by atoms with E-state index in [1.807, 2.05) is 0 Å². The predicted octanol–water partition coefficient (Wildman–Crippen LogP) is 4.15. The first-order chi connectivity index (χ1) is 8.83. The molecule has 1 fully saturated rings. The lowest BCUT2D eigenvalue weighted by atomic mass is 10.1. The van der Waals surface area contributed by atoms with Gasteiger partial charge in [0.2, 0.25) is 0 Å². The Morgan fingerprint density at radius 1 is 1.17 bits per heavy atom. The number of hydrogen-bond donors (Lipinski definition) is 0. The molecule has 1 saturated heterocycles. The number of pyridine rings is 1. The lowest BCUT2D eigenvalue weighted by molar-refractivity contribution is 0.726. The molecule has 1 aliphatic rings. The molecular formula is C15H23ClN2. The fourth-order valence-corrected chi connectivity index (χ4v) is 2.71. The fourth-order valence-electron chi connectivity index (χ4n) is 2.56.